The first-order chi connectivity index (χ1) is 10.5. The molecule has 1 fully saturated rings. The summed E-state index contributed by atoms with van der Waals surface area (Å²) in [7, 11) is 0. The Morgan fingerprint density at radius 3 is 2.77 bits per heavy atom. The van der Waals surface area contributed by atoms with Gasteiger partial charge in [-0.2, -0.15) is 0 Å². The van der Waals surface area contributed by atoms with Crippen molar-refractivity contribution >= 4 is 17.3 Å². The Hall–Kier alpha value is -2.35. The smallest absolute Gasteiger partial charge is 0.293 e. The lowest BCUT2D eigenvalue weighted by Crippen LogP contribution is -2.42. The maximum absolute atomic E-state index is 12.4. The van der Waals surface area contributed by atoms with Crippen LogP contribution in [0, 0.1) is 10.1 Å². The second-order valence-electron chi connectivity index (χ2n) is 5.10. The molecular formula is C14H20N4O4. The molecule has 1 amide bonds. The van der Waals surface area contributed by atoms with E-state index in [1.165, 1.54) is 12.1 Å². The Bertz CT molecular complexity index is 570. The van der Waals surface area contributed by atoms with Crippen molar-refractivity contribution in [2.24, 2.45) is 0 Å². The van der Waals surface area contributed by atoms with Crippen molar-refractivity contribution in [3.63, 3.8) is 0 Å². The van der Waals surface area contributed by atoms with Crippen LogP contribution in [-0.2, 0) is 0 Å². The Morgan fingerprint density at radius 2 is 2.18 bits per heavy atom. The lowest BCUT2D eigenvalue weighted by Gasteiger charge is -2.24. The van der Waals surface area contributed by atoms with E-state index in [4.69, 9.17) is 10.5 Å². The Balaban J connectivity index is 2.27. The van der Waals surface area contributed by atoms with Gasteiger partial charge in [0.2, 0.25) is 0 Å². The number of benzene rings is 1. The van der Waals surface area contributed by atoms with Crippen LogP contribution in [0.2, 0.25) is 0 Å². The molecule has 0 atom stereocenters. The topological polar surface area (TPSA) is 120 Å². The highest BCUT2D eigenvalue weighted by atomic mass is 16.6. The van der Waals surface area contributed by atoms with Crippen molar-refractivity contribution in [2.75, 3.05) is 25.4 Å². The fourth-order valence-electron chi connectivity index (χ4n) is 2.42. The van der Waals surface area contributed by atoms with Crippen LogP contribution in [0.15, 0.2) is 12.1 Å². The third kappa shape index (κ3) is 3.64. The van der Waals surface area contributed by atoms with E-state index in [2.05, 4.69) is 10.6 Å². The van der Waals surface area contributed by atoms with Crippen LogP contribution < -0.4 is 21.1 Å². The minimum atomic E-state index is -0.605. The van der Waals surface area contributed by atoms with Crippen molar-refractivity contribution in [1.82, 2.24) is 10.6 Å². The molecule has 0 aliphatic carbocycles. The minimum absolute atomic E-state index is 0.0214. The predicted molar refractivity (Wildman–Crippen MR) is 82.0 cm³/mol. The summed E-state index contributed by atoms with van der Waals surface area (Å²) >= 11 is 0. The van der Waals surface area contributed by atoms with Gasteiger partial charge in [-0.25, -0.2) is 0 Å². The maximum Gasteiger partial charge on any atom is 0.293 e. The first-order valence-corrected chi connectivity index (χ1v) is 7.25. The predicted octanol–water partition coefficient (Wildman–Crippen LogP) is 1.06. The summed E-state index contributed by atoms with van der Waals surface area (Å²) in [4.78, 5) is 22.8. The molecule has 2 rings (SSSR count). The highest BCUT2D eigenvalue weighted by Crippen LogP contribution is 2.31. The average Bonchev–Trinajstić information content (AvgIpc) is 2.48. The number of nitrogens with zero attached hydrogens (tertiary/aromatic N) is 1. The molecular weight excluding hydrogens is 288 g/mol. The van der Waals surface area contributed by atoms with E-state index in [1.807, 2.05) is 0 Å². The number of nitrogens with one attached hydrogen (secondary N) is 2. The second-order valence-corrected chi connectivity index (χ2v) is 5.10. The number of nitrogens with two attached hydrogens (primary N) is 1. The number of ether oxygens (including phenoxy) is 1. The summed E-state index contributed by atoms with van der Waals surface area (Å²) in [5, 5.41) is 17.1. The number of carbonyl (C=O) groups excluding carboxylic acids is 1. The van der Waals surface area contributed by atoms with Crippen molar-refractivity contribution in [3.8, 4) is 5.75 Å². The van der Waals surface area contributed by atoms with Gasteiger partial charge in [-0.15, -0.1) is 0 Å². The zero-order valence-corrected chi connectivity index (χ0v) is 12.4. The van der Waals surface area contributed by atoms with Crippen LogP contribution >= 0.6 is 0 Å². The summed E-state index contributed by atoms with van der Waals surface area (Å²) in [5.74, 6) is -0.115. The summed E-state index contributed by atoms with van der Waals surface area (Å²) in [6, 6.07) is 2.57. The first kappa shape index (κ1) is 16.0. The molecule has 1 aliphatic rings. The zero-order chi connectivity index (χ0) is 16.1. The molecule has 22 heavy (non-hydrogen) atoms. The van der Waals surface area contributed by atoms with Gasteiger partial charge in [-0.3, -0.25) is 14.9 Å². The standard InChI is InChI=1S/C14H20N4O4/c1-2-22-13-8-11(15)12(18(20)21)7-10(13)14(19)17-9-3-5-16-6-4-9/h7-9,16H,2-6,15H2,1H3,(H,17,19). The number of piperidine rings is 1. The molecule has 8 nitrogen and oxygen atoms in total. The number of rotatable bonds is 5. The van der Waals surface area contributed by atoms with E-state index in [0.717, 1.165) is 25.9 Å². The van der Waals surface area contributed by atoms with Gasteiger partial charge >= 0.3 is 0 Å². The third-order valence-electron chi connectivity index (χ3n) is 3.54. The van der Waals surface area contributed by atoms with E-state index >= 15 is 0 Å². The summed E-state index contributed by atoms with van der Waals surface area (Å²) in [6.45, 7) is 3.78. The van der Waals surface area contributed by atoms with Gasteiger partial charge in [0.25, 0.3) is 11.6 Å². The number of anilines is 1. The number of amides is 1. The van der Waals surface area contributed by atoms with Gasteiger partial charge in [0.1, 0.15) is 11.4 Å². The molecule has 1 heterocycles. The average molecular weight is 308 g/mol. The molecule has 4 N–H and O–H groups in total. The molecule has 0 spiro atoms. The quantitative estimate of drug-likeness (QED) is 0.425. The fraction of sp³-hybridized carbons (Fsp3) is 0.500. The fourth-order valence-corrected chi connectivity index (χ4v) is 2.42. The molecule has 8 heteroatoms. The minimum Gasteiger partial charge on any atom is -0.493 e. The van der Waals surface area contributed by atoms with E-state index in [1.54, 1.807) is 6.92 Å². The highest BCUT2D eigenvalue weighted by molar-refractivity contribution is 5.98. The van der Waals surface area contributed by atoms with Gasteiger partial charge < -0.3 is 21.1 Å². The van der Waals surface area contributed by atoms with Gasteiger partial charge in [-0.05, 0) is 32.9 Å². The number of nitro benzene ring substituents is 1. The molecule has 1 aromatic rings. The van der Waals surface area contributed by atoms with E-state index in [9.17, 15) is 14.9 Å². The molecule has 120 valence electrons. The number of hydrogen-bond donors (Lipinski definition) is 3. The Labute approximate surface area is 128 Å². The van der Waals surface area contributed by atoms with Gasteiger partial charge in [0, 0.05) is 18.2 Å². The number of nitrogen functional groups attached to an aromatic ring is 1. The number of carbonyl (C=O) groups is 1. The first-order valence-electron chi connectivity index (χ1n) is 7.25. The highest BCUT2D eigenvalue weighted by Gasteiger charge is 2.23. The van der Waals surface area contributed by atoms with Crippen molar-refractivity contribution in [2.45, 2.75) is 25.8 Å². The second kappa shape index (κ2) is 7.08. The molecule has 0 radical (unpaired) electrons. The maximum atomic E-state index is 12.4. The monoisotopic (exact) mass is 308 g/mol. The molecule has 0 unspecified atom stereocenters. The lowest BCUT2D eigenvalue weighted by atomic mass is 10.1. The molecule has 1 aromatic carbocycles. The van der Waals surface area contributed by atoms with Crippen LogP contribution in [0.1, 0.15) is 30.1 Å². The Morgan fingerprint density at radius 1 is 1.50 bits per heavy atom. The SMILES string of the molecule is CCOc1cc(N)c([N+](=O)[O-])cc1C(=O)NC1CCNCC1. The van der Waals surface area contributed by atoms with Gasteiger partial charge in [-0.1, -0.05) is 0 Å². The summed E-state index contributed by atoms with van der Waals surface area (Å²) < 4.78 is 5.39. The van der Waals surface area contributed by atoms with Crippen LogP contribution in [0.5, 0.6) is 5.75 Å². The van der Waals surface area contributed by atoms with Crippen molar-refractivity contribution < 1.29 is 14.5 Å². The number of nitro groups is 1. The molecule has 0 aromatic heterocycles. The molecule has 1 saturated heterocycles. The van der Waals surface area contributed by atoms with E-state index < -0.39 is 4.92 Å². The zero-order valence-electron chi connectivity index (χ0n) is 12.4. The van der Waals surface area contributed by atoms with E-state index in [0.29, 0.717) is 6.61 Å². The lowest BCUT2D eigenvalue weighted by molar-refractivity contribution is -0.383. The van der Waals surface area contributed by atoms with Gasteiger partial charge in [0.05, 0.1) is 17.1 Å². The van der Waals surface area contributed by atoms with E-state index in [-0.39, 0.29) is 34.6 Å². The molecule has 0 bridgehead atoms. The normalized spacial score (nSPS) is 15.3. The number of hydrogen-bond acceptors (Lipinski definition) is 6. The van der Waals surface area contributed by atoms with Crippen molar-refractivity contribution in [1.29, 1.82) is 0 Å². The summed E-state index contributed by atoms with van der Waals surface area (Å²) in [6.07, 6.45) is 1.65. The molecule has 1 aliphatic heterocycles. The van der Waals surface area contributed by atoms with Gasteiger partial charge in [0.15, 0.2) is 0 Å². The third-order valence-corrected chi connectivity index (χ3v) is 3.54. The summed E-state index contributed by atoms with van der Waals surface area (Å²) in [5.41, 5.74) is 5.47. The van der Waals surface area contributed by atoms with Crippen LogP contribution in [0.3, 0.4) is 0 Å². The van der Waals surface area contributed by atoms with Crippen LogP contribution in [0.25, 0.3) is 0 Å². The van der Waals surface area contributed by atoms with Crippen LogP contribution in [0.4, 0.5) is 11.4 Å². The largest absolute Gasteiger partial charge is 0.493 e. The molecule has 0 saturated carbocycles. The Kier molecular flexibility index (Phi) is 5.16. The van der Waals surface area contributed by atoms with Crippen LogP contribution in [-0.4, -0.2) is 36.6 Å². The van der Waals surface area contributed by atoms with Crippen molar-refractivity contribution in [3.05, 3.63) is 27.8 Å².